The van der Waals surface area contributed by atoms with Crippen LogP contribution in [0, 0.1) is 0 Å². The molecule has 2 unspecified atom stereocenters. The number of hydrogen-bond acceptors (Lipinski definition) is 5. The Balaban J connectivity index is 1.97. The normalized spacial score (nSPS) is 17.5. The van der Waals surface area contributed by atoms with E-state index < -0.39 is 24.4 Å². The lowest BCUT2D eigenvalue weighted by Crippen LogP contribution is -2.56. The third-order valence-corrected chi connectivity index (χ3v) is 5.37. The summed E-state index contributed by atoms with van der Waals surface area (Å²) >= 11 is 1.44. The van der Waals surface area contributed by atoms with Gasteiger partial charge in [0.15, 0.2) is 6.23 Å². The fourth-order valence-corrected chi connectivity index (χ4v) is 3.88. The highest BCUT2D eigenvalue weighted by Crippen LogP contribution is 2.37. The molecule has 1 heterocycles. The van der Waals surface area contributed by atoms with Gasteiger partial charge in [-0.15, -0.1) is 0 Å². The van der Waals surface area contributed by atoms with Crippen LogP contribution in [0.4, 0.5) is 0 Å². The number of aliphatic hydroxyl groups is 3. The van der Waals surface area contributed by atoms with Crippen LogP contribution in [0.3, 0.4) is 0 Å². The standard InChI is InChI=1S/C21H23NO3S/c23-15-21(25,20(24)22-18-13-7-8-14-26-18)19(16-9-3-1-4-10-16)17-11-5-2-6-12-17/h1-6,8-14,19-20,22-25H,7,15H2. The van der Waals surface area contributed by atoms with Gasteiger partial charge in [-0.05, 0) is 23.0 Å². The molecule has 2 aromatic carbocycles. The van der Waals surface area contributed by atoms with Crippen LogP contribution < -0.4 is 5.32 Å². The summed E-state index contributed by atoms with van der Waals surface area (Å²) in [6.07, 6.45) is 3.37. The number of nitrogens with one attached hydrogen (secondary N) is 1. The van der Waals surface area contributed by atoms with E-state index in [4.69, 9.17) is 0 Å². The van der Waals surface area contributed by atoms with Crippen molar-refractivity contribution in [2.24, 2.45) is 0 Å². The van der Waals surface area contributed by atoms with Gasteiger partial charge >= 0.3 is 0 Å². The Hall–Kier alpha value is -2.05. The predicted octanol–water partition coefficient (Wildman–Crippen LogP) is 2.94. The van der Waals surface area contributed by atoms with Crippen LogP contribution in [0.2, 0.25) is 0 Å². The van der Waals surface area contributed by atoms with Gasteiger partial charge in [0.25, 0.3) is 0 Å². The lowest BCUT2D eigenvalue weighted by Gasteiger charge is -2.40. The number of thioether (sulfide) groups is 1. The van der Waals surface area contributed by atoms with E-state index in [1.165, 1.54) is 11.8 Å². The van der Waals surface area contributed by atoms with Crippen molar-refractivity contribution in [3.8, 4) is 0 Å². The largest absolute Gasteiger partial charge is 0.393 e. The molecular formula is C21H23NO3S. The van der Waals surface area contributed by atoms with Crippen molar-refractivity contribution in [2.45, 2.75) is 24.2 Å². The highest BCUT2D eigenvalue weighted by atomic mass is 32.2. The van der Waals surface area contributed by atoms with Crippen LogP contribution >= 0.6 is 11.8 Å². The van der Waals surface area contributed by atoms with E-state index in [1.807, 2.05) is 78.2 Å². The second kappa shape index (κ2) is 8.56. The minimum Gasteiger partial charge on any atom is -0.393 e. The van der Waals surface area contributed by atoms with Crippen molar-refractivity contribution >= 4 is 11.8 Å². The summed E-state index contributed by atoms with van der Waals surface area (Å²) in [5, 5.41) is 37.9. The summed E-state index contributed by atoms with van der Waals surface area (Å²) in [6.45, 7) is -0.594. The van der Waals surface area contributed by atoms with Crippen molar-refractivity contribution in [3.63, 3.8) is 0 Å². The van der Waals surface area contributed by atoms with Gasteiger partial charge in [-0.1, -0.05) is 84.6 Å². The molecule has 1 aliphatic heterocycles. The van der Waals surface area contributed by atoms with Gasteiger partial charge in [-0.2, -0.15) is 0 Å². The molecule has 0 bridgehead atoms. The first-order valence-corrected chi connectivity index (χ1v) is 9.42. The first-order chi connectivity index (χ1) is 12.6. The Kier molecular flexibility index (Phi) is 6.16. The lowest BCUT2D eigenvalue weighted by atomic mass is 9.76. The molecule has 3 rings (SSSR count). The third-order valence-electron chi connectivity index (χ3n) is 4.50. The lowest BCUT2D eigenvalue weighted by molar-refractivity contribution is -0.123. The first-order valence-electron chi connectivity index (χ1n) is 8.54. The molecule has 136 valence electrons. The molecule has 0 aromatic heterocycles. The summed E-state index contributed by atoms with van der Waals surface area (Å²) in [5.74, 6) is -0.595. The molecule has 1 aliphatic rings. The summed E-state index contributed by atoms with van der Waals surface area (Å²) in [7, 11) is 0. The van der Waals surface area contributed by atoms with Crippen LogP contribution in [0.15, 0.2) is 83.3 Å². The van der Waals surface area contributed by atoms with Gasteiger partial charge in [0.05, 0.1) is 11.6 Å². The van der Waals surface area contributed by atoms with E-state index in [0.717, 1.165) is 22.6 Å². The molecule has 0 amide bonds. The Labute approximate surface area is 157 Å². The Morgan fingerprint density at radius 1 is 1.00 bits per heavy atom. The molecule has 2 atom stereocenters. The van der Waals surface area contributed by atoms with E-state index in [-0.39, 0.29) is 0 Å². The minimum absolute atomic E-state index is 0.594. The zero-order chi connectivity index (χ0) is 18.4. The predicted molar refractivity (Wildman–Crippen MR) is 105 cm³/mol. The van der Waals surface area contributed by atoms with Crippen LogP contribution in [-0.4, -0.2) is 33.8 Å². The maximum atomic E-state index is 11.4. The van der Waals surface area contributed by atoms with E-state index >= 15 is 0 Å². The minimum atomic E-state index is -1.80. The second-order valence-electron chi connectivity index (χ2n) is 6.24. The average Bonchev–Trinajstić information content (AvgIpc) is 2.70. The van der Waals surface area contributed by atoms with E-state index in [2.05, 4.69) is 5.32 Å². The van der Waals surface area contributed by atoms with Crippen molar-refractivity contribution in [1.29, 1.82) is 0 Å². The molecule has 0 saturated heterocycles. The van der Waals surface area contributed by atoms with E-state index in [1.54, 1.807) is 0 Å². The van der Waals surface area contributed by atoms with Gasteiger partial charge in [0.2, 0.25) is 0 Å². The molecule has 0 fully saturated rings. The third kappa shape index (κ3) is 4.02. The molecule has 0 radical (unpaired) electrons. The van der Waals surface area contributed by atoms with Crippen LogP contribution in [0.5, 0.6) is 0 Å². The van der Waals surface area contributed by atoms with Crippen molar-refractivity contribution in [1.82, 2.24) is 5.32 Å². The van der Waals surface area contributed by atoms with E-state index in [9.17, 15) is 15.3 Å². The van der Waals surface area contributed by atoms with Gasteiger partial charge in [-0.3, -0.25) is 0 Å². The van der Waals surface area contributed by atoms with Crippen LogP contribution in [0.1, 0.15) is 23.5 Å². The second-order valence-corrected chi connectivity index (χ2v) is 7.19. The summed E-state index contributed by atoms with van der Waals surface area (Å²) in [5.41, 5.74) is -0.159. The fourth-order valence-electron chi connectivity index (χ4n) is 3.15. The zero-order valence-corrected chi connectivity index (χ0v) is 15.1. The smallest absolute Gasteiger partial charge is 0.157 e. The van der Waals surface area contributed by atoms with Gasteiger partial charge in [0, 0.05) is 5.92 Å². The first kappa shape index (κ1) is 18.7. The molecule has 4 nitrogen and oxygen atoms in total. The van der Waals surface area contributed by atoms with E-state index in [0.29, 0.717) is 0 Å². The SMILES string of the molecule is OCC(O)(C(O)NC1=CCC=CS1)C(c1ccccc1)c1ccccc1. The fraction of sp³-hybridized carbons (Fsp3) is 0.238. The molecule has 4 N–H and O–H groups in total. The highest BCUT2D eigenvalue weighted by molar-refractivity contribution is 8.05. The van der Waals surface area contributed by atoms with Gasteiger partial charge in [-0.25, -0.2) is 0 Å². The maximum absolute atomic E-state index is 11.4. The number of allylic oxidation sites excluding steroid dienone is 2. The number of hydrogen-bond donors (Lipinski definition) is 4. The monoisotopic (exact) mass is 369 g/mol. The summed E-state index contributed by atoms with van der Waals surface area (Å²) < 4.78 is 0. The van der Waals surface area contributed by atoms with Gasteiger partial charge in [0.1, 0.15) is 5.60 Å². The maximum Gasteiger partial charge on any atom is 0.157 e. The zero-order valence-electron chi connectivity index (χ0n) is 14.3. The Bertz CT molecular complexity index is 724. The molecule has 2 aromatic rings. The molecule has 0 spiro atoms. The quantitative estimate of drug-likeness (QED) is 0.565. The Morgan fingerprint density at radius 2 is 1.58 bits per heavy atom. The molecule has 5 heteroatoms. The Morgan fingerprint density at radius 3 is 2.04 bits per heavy atom. The topological polar surface area (TPSA) is 72.7 Å². The molecule has 26 heavy (non-hydrogen) atoms. The summed E-state index contributed by atoms with van der Waals surface area (Å²) in [6, 6.07) is 18.9. The number of rotatable bonds is 7. The van der Waals surface area contributed by atoms with Crippen molar-refractivity contribution in [2.75, 3.05) is 6.61 Å². The van der Waals surface area contributed by atoms with Crippen molar-refractivity contribution < 1.29 is 15.3 Å². The summed E-state index contributed by atoms with van der Waals surface area (Å²) in [4.78, 5) is 0. The number of benzene rings is 2. The highest BCUT2D eigenvalue weighted by Gasteiger charge is 2.45. The van der Waals surface area contributed by atoms with Crippen LogP contribution in [-0.2, 0) is 0 Å². The molecule has 0 saturated carbocycles. The van der Waals surface area contributed by atoms with Crippen LogP contribution in [0.25, 0.3) is 0 Å². The molecule has 0 aliphatic carbocycles. The molecular weight excluding hydrogens is 346 g/mol. The average molecular weight is 369 g/mol. The number of aliphatic hydroxyl groups excluding tert-OH is 2. The van der Waals surface area contributed by atoms with Gasteiger partial charge < -0.3 is 20.6 Å². The van der Waals surface area contributed by atoms with Crippen molar-refractivity contribution in [3.05, 3.63) is 94.4 Å².